The molecule has 1 heterocycles. The molecule has 5 heteroatoms. The van der Waals surface area contributed by atoms with E-state index >= 15 is 0 Å². The third-order valence-corrected chi connectivity index (χ3v) is 3.91. The summed E-state index contributed by atoms with van der Waals surface area (Å²) in [5, 5.41) is 2.91. The first-order valence-corrected chi connectivity index (χ1v) is 8.11. The minimum Gasteiger partial charge on any atom is -0.444 e. The van der Waals surface area contributed by atoms with Crippen LogP contribution in [-0.4, -0.2) is 41.6 Å². The van der Waals surface area contributed by atoms with Crippen molar-refractivity contribution in [1.29, 1.82) is 0 Å². The highest BCUT2D eigenvalue weighted by atomic mass is 16.6. The Bertz CT molecular complexity index is 393. The van der Waals surface area contributed by atoms with Crippen LogP contribution in [0.1, 0.15) is 53.4 Å². The van der Waals surface area contributed by atoms with Crippen molar-refractivity contribution in [3.8, 4) is 0 Å². The van der Waals surface area contributed by atoms with E-state index in [-0.39, 0.29) is 18.0 Å². The minimum absolute atomic E-state index is 0.0558. The molecule has 0 aromatic rings. The fourth-order valence-electron chi connectivity index (χ4n) is 2.64. The van der Waals surface area contributed by atoms with E-state index in [1.165, 1.54) is 0 Å². The first-order chi connectivity index (χ1) is 10.2. The van der Waals surface area contributed by atoms with E-state index in [9.17, 15) is 9.59 Å². The quantitative estimate of drug-likeness (QED) is 0.794. The first kappa shape index (κ1) is 18.5. The summed E-state index contributed by atoms with van der Waals surface area (Å²) >= 11 is 0. The number of nitrogens with one attached hydrogen (secondary N) is 1. The summed E-state index contributed by atoms with van der Waals surface area (Å²) in [5.74, 6) is 0.585. The maximum Gasteiger partial charge on any atom is 0.407 e. The Labute approximate surface area is 134 Å². The zero-order valence-corrected chi connectivity index (χ0v) is 14.4. The average molecular weight is 310 g/mol. The zero-order valence-electron chi connectivity index (χ0n) is 14.4. The van der Waals surface area contributed by atoms with Gasteiger partial charge in [-0.2, -0.15) is 0 Å². The second-order valence-electron chi connectivity index (χ2n) is 6.98. The number of rotatable bonds is 5. The smallest absolute Gasteiger partial charge is 0.407 e. The third-order valence-electron chi connectivity index (χ3n) is 3.91. The van der Waals surface area contributed by atoms with Gasteiger partial charge in [-0.3, -0.25) is 4.79 Å². The van der Waals surface area contributed by atoms with E-state index < -0.39 is 5.60 Å². The molecule has 126 valence electrons. The van der Waals surface area contributed by atoms with Crippen LogP contribution >= 0.6 is 0 Å². The Morgan fingerprint density at radius 3 is 2.45 bits per heavy atom. The van der Waals surface area contributed by atoms with Crippen LogP contribution in [0.25, 0.3) is 0 Å². The Morgan fingerprint density at radius 1 is 1.36 bits per heavy atom. The Kier molecular flexibility index (Phi) is 6.91. The topological polar surface area (TPSA) is 58.6 Å². The van der Waals surface area contributed by atoms with Crippen LogP contribution in [0, 0.1) is 5.92 Å². The van der Waals surface area contributed by atoms with Gasteiger partial charge in [0.1, 0.15) is 5.60 Å². The molecule has 0 aliphatic carbocycles. The van der Waals surface area contributed by atoms with Crippen LogP contribution in [0.2, 0.25) is 0 Å². The minimum atomic E-state index is -0.481. The predicted octanol–water partition coefficient (Wildman–Crippen LogP) is 3.10. The van der Waals surface area contributed by atoms with E-state index in [4.69, 9.17) is 4.74 Å². The predicted molar refractivity (Wildman–Crippen MR) is 87.6 cm³/mol. The Balaban J connectivity index is 2.36. The van der Waals surface area contributed by atoms with Crippen LogP contribution in [-0.2, 0) is 9.53 Å². The second-order valence-corrected chi connectivity index (χ2v) is 6.98. The van der Waals surface area contributed by atoms with Crippen molar-refractivity contribution in [2.75, 3.05) is 13.1 Å². The SMILES string of the molecule is C=CCCC(=O)N1CCC([C@H](C)NC(=O)OC(C)(C)C)CC1. The number of ether oxygens (including phenoxy) is 1. The zero-order chi connectivity index (χ0) is 16.8. The van der Waals surface area contributed by atoms with E-state index in [0.717, 1.165) is 32.4 Å². The van der Waals surface area contributed by atoms with Crippen molar-refractivity contribution in [1.82, 2.24) is 10.2 Å². The molecular formula is C17H30N2O3. The lowest BCUT2D eigenvalue weighted by molar-refractivity contribution is -0.132. The molecule has 2 amide bonds. The lowest BCUT2D eigenvalue weighted by Crippen LogP contribution is -2.46. The van der Waals surface area contributed by atoms with Crippen molar-refractivity contribution in [2.24, 2.45) is 5.92 Å². The number of likely N-dealkylation sites (tertiary alicyclic amines) is 1. The van der Waals surface area contributed by atoms with Crippen molar-refractivity contribution in [3.05, 3.63) is 12.7 Å². The number of carbonyl (C=O) groups excluding carboxylic acids is 2. The van der Waals surface area contributed by atoms with Gasteiger partial charge in [0.2, 0.25) is 5.91 Å². The molecule has 1 saturated heterocycles. The molecule has 1 atom stereocenters. The Hall–Kier alpha value is -1.52. The number of piperidine rings is 1. The molecule has 5 nitrogen and oxygen atoms in total. The number of alkyl carbamates (subject to hydrolysis) is 1. The van der Waals surface area contributed by atoms with Gasteiger partial charge in [-0.25, -0.2) is 4.79 Å². The summed E-state index contributed by atoms with van der Waals surface area (Å²) in [4.78, 5) is 25.7. The van der Waals surface area contributed by atoms with Gasteiger partial charge in [0.25, 0.3) is 0 Å². The summed E-state index contributed by atoms with van der Waals surface area (Å²) in [7, 11) is 0. The van der Waals surface area contributed by atoms with Gasteiger partial charge in [-0.15, -0.1) is 6.58 Å². The number of nitrogens with zero attached hydrogens (tertiary/aromatic N) is 1. The summed E-state index contributed by atoms with van der Waals surface area (Å²) in [6.45, 7) is 12.7. The number of amides is 2. The average Bonchev–Trinajstić information content (AvgIpc) is 2.42. The third kappa shape index (κ3) is 6.50. The fourth-order valence-corrected chi connectivity index (χ4v) is 2.64. The van der Waals surface area contributed by atoms with Crippen molar-refractivity contribution < 1.29 is 14.3 Å². The second kappa shape index (κ2) is 8.20. The molecule has 0 aromatic heterocycles. The van der Waals surface area contributed by atoms with Gasteiger partial charge in [0, 0.05) is 25.6 Å². The highest BCUT2D eigenvalue weighted by Gasteiger charge is 2.27. The maximum absolute atomic E-state index is 12.0. The number of carbonyl (C=O) groups is 2. The lowest BCUT2D eigenvalue weighted by atomic mass is 9.90. The molecule has 0 saturated carbocycles. The highest BCUT2D eigenvalue weighted by molar-refractivity contribution is 5.76. The first-order valence-electron chi connectivity index (χ1n) is 8.11. The standard InChI is InChI=1S/C17H30N2O3/c1-6-7-8-15(20)19-11-9-14(10-12-19)13(2)18-16(21)22-17(3,4)5/h6,13-14H,1,7-12H2,2-5H3,(H,18,21)/t13-/m0/s1. The normalized spacial score (nSPS) is 17.7. The number of hydrogen-bond donors (Lipinski definition) is 1. The van der Waals surface area contributed by atoms with Crippen molar-refractivity contribution >= 4 is 12.0 Å². The summed E-state index contributed by atoms with van der Waals surface area (Å²) in [6, 6.07) is 0.0558. The van der Waals surface area contributed by atoms with Gasteiger partial charge in [0.05, 0.1) is 0 Å². The summed E-state index contributed by atoms with van der Waals surface area (Å²) in [6.07, 6.45) is 4.50. The molecular weight excluding hydrogens is 280 g/mol. The molecule has 0 bridgehead atoms. The molecule has 0 radical (unpaired) electrons. The van der Waals surface area contributed by atoms with E-state index in [1.807, 2.05) is 32.6 Å². The number of hydrogen-bond acceptors (Lipinski definition) is 3. The van der Waals surface area contributed by atoms with Crippen molar-refractivity contribution in [2.45, 2.75) is 65.0 Å². The van der Waals surface area contributed by atoms with Gasteiger partial charge in [-0.1, -0.05) is 6.08 Å². The molecule has 22 heavy (non-hydrogen) atoms. The summed E-state index contributed by atoms with van der Waals surface area (Å²) in [5.41, 5.74) is -0.481. The van der Waals surface area contributed by atoms with Crippen LogP contribution in [0.3, 0.4) is 0 Å². The molecule has 0 aromatic carbocycles. The number of allylic oxidation sites excluding steroid dienone is 1. The van der Waals surface area contributed by atoms with Gasteiger partial charge in [0.15, 0.2) is 0 Å². The maximum atomic E-state index is 12.0. The van der Waals surface area contributed by atoms with Crippen LogP contribution in [0.15, 0.2) is 12.7 Å². The Morgan fingerprint density at radius 2 is 1.95 bits per heavy atom. The monoisotopic (exact) mass is 310 g/mol. The molecule has 1 rings (SSSR count). The van der Waals surface area contributed by atoms with Gasteiger partial charge in [-0.05, 0) is 52.9 Å². The largest absolute Gasteiger partial charge is 0.444 e. The molecule has 1 aliphatic rings. The van der Waals surface area contributed by atoms with Gasteiger partial charge >= 0.3 is 6.09 Å². The van der Waals surface area contributed by atoms with E-state index in [0.29, 0.717) is 12.3 Å². The fraction of sp³-hybridized carbons (Fsp3) is 0.765. The van der Waals surface area contributed by atoms with Crippen LogP contribution in [0.4, 0.5) is 4.79 Å². The van der Waals surface area contributed by atoms with Crippen LogP contribution < -0.4 is 5.32 Å². The lowest BCUT2D eigenvalue weighted by Gasteiger charge is -2.35. The van der Waals surface area contributed by atoms with Crippen molar-refractivity contribution in [3.63, 3.8) is 0 Å². The molecule has 0 unspecified atom stereocenters. The molecule has 1 N–H and O–H groups in total. The summed E-state index contributed by atoms with van der Waals surface area (Å²) < 4.78 is 5.28. The molecule has 0 spiro atoms. The van der Waals surface area contributed by atoms with Gasteiger partial charge < -0.3 is 15.0 Å². The van der Waals surface area contributed by atoms with E-state index in [2.05, 4.69) is 11.9 Å². The van der Waals surface area contributed by atoms with Crippen LogP contribution in [0.5, 0.6) is 0 Å². The van der Waals surface area contributed by atoms with E-state index in [1.54, 1.807) is 6.08 Å². The molecule has 1 fully saturated rings. The highest BCUT2D eigenvalue weighted by Crippen LogP contribution is 2.21. The molecule has 1 aliphatic heterocycles.